The van der Waals surface area contributed by atoms with Crippen molar-refractivity contribution in [2.45, 2.75) is 26.7 Å². The first kappa shape index (κ1) is 11.5. The Morgan fingerprint density at radius 2 is 2.00 bits per heavy atom. The van der Waals surface area contributed by atoms with Crippen molar-refractivity contribution >= 4 is 11.5 Å². The number of nitrogens with one attached hydrogen (secondary N) is 1. The second-order valence-electron chi connectivity index (χ2n) is 3.56. The molecule has 0 bridgehead atoms. The molecule has 0 heterocycles. The van der Waals surface area contributed by atoms with Gasteiger partial charge in [0.05, 0.1) is 0 Å². The van der Waals surface area contributed by atoms with Gasteiger partial charge in [-0.3, -0.25) is 4.79 Å². The van der Waals surface area contributed by atoms with Crippen molar-refractivity contribution in [3.63, 3.8) is 0 Å². The van der Waals surface area contributed by atoms with Crippen LogP contribution in [0.5, 0.6) is 0 Å². The molecular weight excluding hydrogens is 186 g/mol. The summed E-state index contributed by atoms with van der Waals surface area (Å²) in [6.07, 6.45) is 4.80. The van der Waals surface area contributed by atoms with Crippen LogP contribution in [0, 0.1) is 6.92 Å². The SMILES string of the molecule is CCCC(=O)C=CNc1ccc(C)cc1. The maximum atomic E-state index is 11.2. The van der Waals surface area contributed by atoms with E-state index in [-0.39, 0.29) is 5.78 Å². The lowest BCUT2D eigenvalue weighted by atomic mass is 10.2. The number of benzene rings is 1. The number of aryl methyl sites for hydroxylation is 1. The Hall–Kier alpha value is -1.57. The number of rotatable bonds is 5. The Balaban J connectivity index is 2.43. The Morgan fingerprint density at radius 1 is 1.33 bits per heavy atom. The zero-order valence-electron chi connectivity index (χ0n) is 9.29. The second kappa shape index (κ2) is 6.02. The lowest BCUT2D eigenvalue weighted by Crippen LogP contribution is -1.93. The minimum Gasteiger partial charge on any atom is -0.362 e. The van der Waals surface area contributed by atoms with Gasteiger partial charge in [-0.1, -0.05) is 24.6 Å². The molecule has 0 aliphatic carbocycles. The highest BCUT2D eigenvalue weighted by atomic mass is 16.1. The highest BCUT2D eigenvalue weighted by molar-refractivity contribution is 5.89. The molecule has 0 spiro atoms. The van der Waals surface area contributed by atoms with Crippen molar-refractivity contribution in [2.75, 3.05) is 5.32 Å². The van der Waals surface area contributed by atoms with E-state index in [2.05, 4.69) is 5.32 Å². The molecule has 1 N–H and O–H groups in total. The third kappa shape index (κ3) is 4.45. The number of ketones is 1. The largest absolute Gasteiger partial charge is 0.362 e. The Morgan fingerprint density at radius 3 is 2.60 bits per heavy atom. The standard InChI is InChI=1S/C13H17NO/c1-3-4-13(15)9-10-14-12-7-5-11(2)6-8-12/h5-10,14H,3-4H2,1-2H3. The van der Waals surface area contributed by atoms with Gasteiger partial charge in [-0.05, 0) is 31.6 Å². The first-order valence-corrected chi connectivity index (χ1v) is 5.25. The molecule has 1 rings (SSSR count). The molecule has 0 amide bonds. The van der Waals surface area contributed by atoms with Crippen molar-refractivity contribution in [2.24, 2.45) is 0 Å². The van der Waals surface area contributed by atoms with Crippen molar-refractivity contribution in [3.05, 3.63) is 42.1 Å². The Bertz CT molecular complexity index is 338. The smallest absolute Gasteiger partial charge is 0.157 e. The molecule has 0 radical (unpaired) electrons. The van der Waals surface area contributed by atoms with Gasteiger partial charge in [0.15, 0.2) is 5.78 Å². The van der Waals surface area contributed by atoms with Gasteiger partial charge < -0.3 is 5.32 Å². The molecule has 0 saturated carbocycles. The summed E-state index contributed by atoms with van der Waals surface area (Å²) in [5.41, 5.74) is 2.23. The third-order valence-corrected chi connectivity index (χ3v) is 2.07. The highest BCUT2D eigenvalue weighted by Crippen LogP contribution is 2.08. The minimum absolute atomic E-state index is 0.164. The van der Waals surface area contributed by atoms with Gasteiger partial charge in [0.25, 0.3) is 0 Å². The second-order valence-corrected chi connectivity index (χ2v) is 3.56. The normalized spacial score (nSPS) is 10.5. The van der Waals surface area contributed by atoms with Gasteiger partial charge in [0.2, 0.25) is 0 Å². The topological polar surface area (TPSA) is 29.1 Å². The van der Waals surface area contributed by atoms with E-state index in [1.807, 2.05) is 38.1 Å². The average Bonchev–Trinajstić information content (AvgIpc) is 2.21. The lowest BCUT2D eigenvalue weighted by molar-refractivity contribution is -0.114. The van der Waals surface area contributed by atoms with E-state index in [1.165, 1.54) is 5.56 Å². The van der Waals surface area contributed by atoms with Crippen LogP contribution in [-0.4, -0.2) is 5.78 Å². The van der Waals surface area contributed by atoms with Crippen LogP contribution in [0.2, 0.25) is 0 Å². The van der Waals surface area contributed by atoms with Crippen LogP contribution in [0.4, 0.5) is 5.69 Å². The monoisotopic (exact) mass is 203 g/mol. The van der Waals surface area contributed by atoms with Crippen LogP contribution in [0.25, 0.3) is 0 Å². The van der Waals surface area contributed by atoms with Crippen LogP contribution >= 0.6 is 0 Å². The zero-order chi connectivity index (χ0) is 11.1. The molecule has 80 valence electrons. The summed E-state index contributed by atoms with van der Waals surface area (Å²) in [6, 6.07) is 8.04. The molecule has 0 aliphatic heterocycles. The van der Waals surface area contributed by atoms with E-state index in [9.17, 15) is 4.79 Å². The number of carbonyl (C=O) groups is 1. The predicted octanol–water partition coefficient (Wildman–Crippen LogP) is 3.29. The minimum atomic E-state index is 0.164. The van der Waals surface area contributed by atoms with Crippen LogP contribution in [0.15, 0.2) is 36.5 Å². The van der Waals surface area contributed by atoms with Crippen molar-refractivity contribution in [1.29, 1.82) is 0 Å². The summed E-state index contributed by atoms with van der Waals surface area (Å²) in [5.74, 6) is 0.164. The van der Waals surface area contributed by atoms with Crippen LogP contribution in [0.3, 0.4) is 0 Å². The maximum absolute atomic E-state index is 11.2. The average molecular weight is 203 g/mol. The third-order valence-electron chi connectivity index (χ3n) is 2.07. The van der Waals surface area contributed by atoms with Gasteiger partial charge in [-0.25, -0.2) is 0 Å². The van der Waals surface area contributed by atoms with E-state index in [0.717, 1.165) is 12.1 Å². The summed E-state index contributed by atoms with van der Waals surface area (Å²) < 4.78 is 0. The Labute approximate surface area is 91.0 Å². The molecule has 0 aliphatic rings. The Kier molecular flexibility index (Phi) is 4.61. The lowest BCUT2D eigenvalue weighted by Gasteiger charge is -2.00. The molecule has 1 aromatic rings. The first-order chi connectivity index (χ1) is 7.22. The summed E-state index contributed by atoms with van der Waals surface area (Å²) in [4.78, 5) is 11.2. The first-order valence-electron chi connectivity index (χ1n) is 5.25. The van der Waals surface area contributed by atoms with Crippen molar-refractivity contribution in [3.8, 4) is 0 Å². The molecule has 0 saturated heterocycles. The van der Waals surface area contributed by atoms with Crippen LogP contribution in [-0.2, 0) is 4.79 Å². The molecule has 15 heavy (non-hydrogen) atoms. The predicted molar refractivity (Wildman–Crippen MR) is 63.9 cm³/mol. The van der Waals surface area contributed by atoms with Crippen molar-refractivity contribution in [1.82, 2.24) is 0 Å². The molecule has 0 unspecified atom stereocenters. The summed E-state index contributed by atoms with van der Waals surface area (Å²) in [7, 11) is 0. The molecule has 0 aromatic heterocycles. The van der Waals surface area contributed by atoms with Gasteiger partial charge in [0, 0.05) is 18.3 Å². The van der Waals surface area contributed by atoms with E-state index in [1.54, 1.807) is 12.3 Å². The fraction of sp³-hybridized carbons (Fsp3) is 0.308. The van der Waals surface area contributed by atoms with E-state index < -0.39 is 0 Å². The molecule has 2 heteroatoms. The van der Waals surface area contributed by atoms with Crippen LogP contribution < -0.4 is 5.32 Å². The van der Waals surface area contributed by atoms with Gasteiger partial charge in [-0.15, -0.1) is 0 Å². The summed E-state index contributed by atoms with van der Waals surface area (Å²) in [5, 5.41) is 3.06. The van der Waals surface area contributed by atoms with Gasteiger partial charge >= 0.3 is 0 Å². The zero-order valence-corrected chi connectivity index (χ0v) is 9.29. The van der Waals surface area contributed by atoms with Gasteiger partial charge in [0.1, 0.15) is 0 Å². The molecule has 0 fully saturated rings. The fourth-order valence-electron chi connectivity index (χ4n) is 1.21. The number of hydrogen-bond acceptors (Lipinski definition) is 2. The number of hydrogen-bond donors (Lipinski definition) is 1. The fourth-order valence-corrected chi connectivity index (χ4v) is 1.21. The van der Waals surface area contributed by atoms with Crippen molar-refractivity contribution < 1.29 is 4.79 Å². The quantitative estimate of drug-likeness (QED) is 0.744. The number of carbonyl (C=O) groups excluding carboxylic acids is 1. The number of allylic oxidation sites excluding steroid dienone is 1. The highest BCUT2D eigenvalue weighted by Gasteiger charge is 1.92. The molecule has 1 aromatic carbocycles. The summed E-state index contributed by atoms with van der Waals surface area (Å²) in [6.45, 7) is 4.05. The van der Waals surface area contributed by atoms with E-state index >= 15 is 0 Å². The van der Waals surface area contributed by atoms with Crippen LogP contribution in [0.1, 0.15) is 25.3 Å². The maximum Gasteiger partial charge on any atom is 0.157 e. The summed E-state index contributed by atoms with van der Waals surface area (Å²) >= 11 is 0. The van der Waals surface area contributed by atoms with E-state index in [4.69, 9.17) is 0 Å². The van der Waals surface area contributed by atoms with E-state index in [0.29, 0.717) is 6.42 Å². The number of anilines is 1. The molecular formula is C13H17NO. The molecule has 2 nitrogen and oxygen atoms in total. The van der Waals surface area contributed by atoms with Gasteiger partial charge in [-0.2, -0.15) is 0 Å². The molecule has 0 atom stereocenters.